The van der Waals surface area contributed by atoms with Crippen LogP contribution in [0.1, 0.15) is 46.3 Å². The van der Waals surface area contributed by atoms with Gasteiger partial charge in [-0.15, -0.1) is 0 Å². The number of nitrogens with one attached hydrogen (secondary N) is 1. The molecule has 3 N–H and O–H groups in total. The molecule has 1 fully saturated rings. The van der Waals surface area contributed by atoms with Crippen LogP contribution in [0.2, 0.25) is 0 Å². The summed E-state index contributed by atoms with van der Waals surface area (Å²) in [6.45, 7) is 8.59. The van der Waals surface area contributed by atoms with Crippen LogP contribution in [0, 0.1) is 11.3 Å². The first-order valence-corrected chi connectivity index (χ1v) is 8.13. The van der Waals surface area contributed by atoms with Crippen LogP contribution in [-0.2, 0) is 11.3 Å². The Morgan fingerprint density at radius 2 is 2.08 bits per heavy atom. The number of nitriles is 1. The first-order valence-electron chi connectivity index (χ1n) is 8.13. The van der Waals surface area contributed by atoms with Crippen LogP contribution in [0.5, 0.6) is 0 Å². The number of hydrogen-bond acceptors (Lipinski definition) is 5. The van der Waals surface area contributed by atoms with Gasteiger partial charge in [0, 0.05) is 23.3 Å². The Morgan fingerprint density at radius 1 is 1.46 bits per heavy atom. The first-order chi connectivity index (χ1) is 11.2. The Kier molecular flexibility index (Phi) is 5.05. The highest BCUT2D eigenvalue weighted by Gasteiger charge is 2.43. The molecule has 0 aliphatic carbocycles. The summed E-state index contributed by atoms with van der Waals surface area (Å²) in [4.78, 5) is 14.4. The zero-order valence-corrected chi connectivity index (χ0v) is 14.8. The number of furan rings is 1. The van der Waals surface area contributed by atoms with Crippen molar-refractivity contribution in [3.05, 3.63) is 35.9 Å². The molecule has 2 rings (SSSR count). The quantitative estimate of drug-likeness (QED) is 0.652. The molecule has 1 amide bonds. The van der Waals surface area contributed by atoms with E-state index in [-0.39, 0.29) is 29.2 Å². The molecule has 2 heterocycles. The van der Waals surface area contributed by atoms with E-state index < -0.39 is 5.91 Å². The van der Waals surface area contributed by atoms with Crippen molar-refractivity contribution in [2.75, 3.05) is 0 Å². The first kappa shape index (κ1) is 18.1. The number of carbonyl (C=O) groups excluding carboxylic acids is 1. The Hall–Kier alpha value is -2.26. The lowest BCUT2D eigenvalue weighted by Gasteiger charge is -2.54. The molecule has 1 aliphatic heterocycles. The number of rotatable bonds is 4. The summed E-state index contributed by atoms with van der Waals surface area (Å²) in [5.74, 6) is 0.237. The molecule has 0 aromatic carbocycles. The van der Waals surface area contributed by atoms with Crippen molar-refractivity contribution < 1.29 is 9.21 Å². The van der Waals surface area contributed by atoms with E-state index in [0.29, 0.717) is 5.76 Å². The van der Waals surface area contributed by atoms with Gasteiger partial charge in [0.05, 0.1) is 12.8 Å². The van der Waals surface area contributed by atoms with Gasteiger partial charge in [-0.3, -0.25) is 4.79 Å². The molecule has 1 aliphatic rings. The largest absolute Gasteiger partial charge is 0.467 e. The van der Waals surface area contributed by atoms with Gasteiger partial charge in [0.1, 0.15) is 17.4 Å². The van der Waals surface area contributed by atoms with Gasteiger partial charge in [0.2, 0.25) is 0 Å². The van der Waals surface area contributed by atoms with Gasteiger partial charge >= 0.3 is 0 Å². The van der Waals surface area contributed by atoms with Gasteiger partial charge in [0.15, 0.2) is 0 Å². The molecule has 0 spiro atoms. The van der Waals surface area contributed by atoms with E-state index >= 15 is 0 Å². The number of likely N-dealkylation sites (tertiary alicyclic amines) is 1. The number of nitrogens with zero attached hydrogens (tertiary/aromatic N) is 2. The molecular formula is C18H26N4O2. The minimum Gasteiger partial charge on any atom is -0.467 e. The van der Waals surface area contributed by atoms with Crippen molar-refractivity contribution in [1.82, 2.24) is 10.2 Å². The van der Waals surface area contributed by atoms with E-state index in [1.165, 1.54) is 0 Å². The predicted octanol–water partition coefficient (Wildman–Crippen LogP) is 2.28. The topological polar surface area (TPSA) is 95.3 Å². The van der Waals surface area contributed by atoms with Crippen LogP contribution < -0.4 is 11.1 Å². The summed E-state index contributed by atoms with van der Waals surface area (Å²) in [5.41, 5.74) is 5.79. The fourth-order valence-corrected chi connectivity index (χ4v) is 3.66. The third-order valence-corrected chi connectivity index (χ3v) is 4.45. The summed E-state index contributed by atoms with van der Waals surface area (Å²) < 4.78 is 5.18. The lowest BCUT2D eigenvalue weighted by molar-refractivity contribution is -0.117. The molecular weight excluding hydrogens is 304 g/mol. The average molecular weight is 330 g/mol. The Labute approximate surface area is 143 Å². The summed E-state index contributed by atoms with van der Waals surface area (Å²) in [6, 6.07) is 5.65. The van der Waals surface area contributed by atoms with Crippen LogP contribution in [0.3, 0.4) is 0 Å². The van der Waals surface area contributed by atoms with Crippen LogP contribution in [0.15, 0.2) is 34.6 Å². The van der Waals surface area contributed by atoms with E-state index in [4.69, 9.17) is 10.2 Å². The summed E-state index contributed by atoms with van der Waals surface area (Å²) in [6.07, 6.45) is 4.83. The fraction of sp³-hybridized carbons (Fsp3) is 0.556. The van der Waals surface area contributed by atoms with Crippen LogP contribution in [0.4, 0.5) is 0 Å². The summed E-state index contributed by atoms with van der Waals surface area (Å²) in [5, 5.41) is 12.1. The highest BCUT2D eigenvalue weighted by atomic mass is 16.3. The molecule has 6 nitrogen and oxygen atoms in total. The zero-order valence-electron chi connectivity index (χ0n) is 14.8. The molecule has 1 aromatic heterocycles. The average Bonchev–Trinajstić information content (AvgIpc) is 2.95. The maximum absolute atomic E-state index is 12.3. The minimum absolute atomic E-state index is 0.0816. The van der Waals surface area contributed by atoms with Gasteiger partial charge in [-0.25, -0.2) is 0 Å². The van der Waals surface area contributed by atoms with E-state index in [2.05, 4.69) is 37.9 Å². The van der Waals surface area contributed by atoms with Gasteiger partial charge in [-0.2, -0.15) is 5.26 Å². The monoisotopic (exact) mass is 330 g/mol. The smallest absolute Gasteiger partial charge is 0.263 e. The second-order valence-electron chi connectivity index (χ2n) is 7.58. The van der Waals surface area contributed by atoms with Gasteiger partial charge in [-0.1, -0.05) is 0 Å². The lowest BCUT2D eigenvalue weighted by atomic mass is 9.77. The Bertz CT molecular complexity index is 635. The summed E-state index contributed by atoms with van der Waals surface area (Å²) in [7, 11) is 0. The molecule has 1 aromatic rings. The molecule has 0 unspecified atom stereocenters. The van der Waals surface area contributed by atoms with Crippen molar-refractivity contribution in [2.45, 2.75) is 64.2 Å². The van der Waals surface area contributed by atoms with Gasteiger partial charge in [0.25, 0.3) is 5.91 Å². The minimum atomic E-state index is -0.407. The molecule has 0 bridgehead atoms. The second kappa shape index (κ2) is 6.70. The van der Waals surface area contributed by atoms with E-state index in [9.17, 15) is 10.1 Å². The molecule has 0 radical (unpaired) electrons. The standard InChI is InChI=1S/C18H26N4O2/c1-17(2)8-14(20)9-18(3,4)22(17)12-13(10-19)16(23)21-11-15-6-5-7-24-15/h5-7,12,14H,8-9,11,20H2,1-4H3,(H,21,23)/b13-12-. The highest BCUT2D eigenvalue weighted by molar-refractivity contribution is 5.97. The summed E-state index contributed by atoms with van der Waals surface area (Å²) >= 11 is 0. The maximum atomic E-state index is 12.3. The van der Waals surface area contributed by atoms with Crippen molar-refractivity contribution >= 4 is 5.91 Å². The number of piperidine rings is 1. The molecule has 130 valence electrons. The number of hydrogen-bond donors (Lipinski definition) is 2. The van der Waals surface area contributed by atoms with Crippen molar-refractivity contribution in [3.63, 3.8) is 0 Å². The number of carbonyl (C=O) groups is 1. The molecule has 0 saturated carbocycles. The molecule has 6 heteroatoms. The number of amides is 1. The third kappa shape index (κ3) is 3.98. The molecule has 1 saturated heterocycles. The third-order valence-electron chi connectivity index (χ3n) is 4.45. The highest BCUT2D eigenvalue weighted by Crippen LogP contribution is 2.38. The van der Waals surface area contributed by atoms with Crippen LogP contribution in [-0.4, -0.2) is 27.9 Å². The Balaban J connectivity index is 2.18. The van der Waals surface area contributed by atoms with Crippen LogP contribution in [0.25, 0.3) is 0 Å². The normalized spacial score (nSPS) is 20.5. The molecule has 0 atom stereocenters. The zero-order chi connectivity index (χ0) is 18.0. The maximum Gasteiger partial charge on any atom is 0.263 e. The van der Waals surface area contributed by atoms with Gasteiger partial charge < -0.3 is 20.4 Å². The lowest BCUT2D eigenvalue weighted by Crippen LogP contribution is -2.61. The van der Waals surface area contributed by atoms with E-state index in [0.717, 1.165) is 12.8 Å². The van der Waals surface area contributed by atoms with Crippen LogP contribution >= 0.6 is 0 Å². The fourth-order valence-electron chi connectivity index (χ4n) is 3.66. The van der Waals surface area contributed by atoms with Crippen molar-refractivity contribution in [1.29, 1.82) is 5.26 Å². The Morgan fingerprint density at radius 3 is 2.58 bits per heavy atom. The van der Waals surface area contributed by atoms with E-state index in [1.54, 1.807) is 24.6 Å². The molecule has 24 heavy (non-hydrogen) atoms. The predicted molar refractivity (Wildman–Crippen MR) is 91.5 cm³/mol. The van der Waals surface area contributed by atoms with E-state index in [1.807, 2.05) is 6.07 Å². The van der Waals surface area contributed by atoms with Gasteiger partial charge in [-0.05, 0) is 52.7 Å². The van der Waals surface area contributed by atoms with Crippen molar-refractivity contribution in [2.24, 2.45) is 5.73 Å². The van der Waals surface area contributed by atoms with Crippen molar-refractivity contribution in [3.8, 4) is 6.07 Å². The second-order valence-corrected chi connectivity index (χ2v) is 7.58. The number of nitrogens with two attached hydrogens (primary N) is 1. The SMILES string of the molecule is CC1(C)CC(N)CC(C)(C)N1/C=C(/C#N)C(=O)NCc1ccco1.